The van der Waals surface area contributed by atoms with Crippen LogP contribution in [0.4, 0.5) is 0 Å². The Labute approximate surface area is 84.2 Å². The molecule has 2 rings (SSSR count). The van der Waals surface area contributed by atoms with Gasteiger partial charge in [-0.05, 0) is 44.2 Å². The molecule has 0 amide bonds. The highest BCUT2D eigenvalue weighted by atomic mass is 16.3. The lowest BCUT2D eigenvalue weighted by Crippen LogP contribution is -2.16. The molecule has 0 saturated carbocycles. The Morgan fingerprint density at radius 2 is 1.93 bits per heavy atom. The van der Waals surface area contributed by atoms with Gasteiger partial charge in [-0.1, -0.05) is 12.1 Å². The number of aryl methyl sites for hydroxylation is 1. The Kier molecular flexibility index (Phi) is 2.04. The van der Waals surface area contributed by atoms with Gasteiger partial charge in [-0.2, -0.15) is 0 Å². The van der Waals surface area contributed by atoms with Crippen LogP contribution in [0.3, 0.4) is 0 Å². The summed E-state index contributed by atoms with van der Waals surface area (Å²) < 4.78 is 0. The van der Waals surface area contributed by atoms with Crippen LogP contribution in [0, 0.1) is 0 Å². The van der Waals surface area contributed by atoms with Crippen molar-refractivity contribution < 1.29 is 10.2 Å². The molecule has 0 heterocycles. The van der Waals surface area contributed by atoms with Crippen LogP contribution < -0.4 is 0 Å². The first kappa shape index (κ1) is 9.53. The highest BCUT2D eigenvalue weighted by Gasteiger charge is 2.25. The molecule has 14 heavy (non-hydrogen) atoms. The van der Waals surface area contributed by atoms with Crippen molar-refractivity contribution in [3.63, 3.8) is 0 Å². The Bertz CT molecular complexity index is 361. The summed E-state index contributed by atoms with van der Waals surface area (Å²) in [6.45, 7) is 3.40. The van der Waals surface area contributed by atoms with E-state index in [-0.39, 0.29) is 0 Å². The molecule has 2 N–H and O–H groups in total. The van der Waals surface area contributed by atoms with E-state index in [0.717, 1.165) is 24.8 Å². The number of rotatable bonds is 1. The molecule has 0 aromatic heterocycles. The number of fused-ring (bicyclic) bond motifs is 1. The van der Waals surface area contributed by atoms with Gasteiger partial charge in [-0.25, -0.2) is 0 Å². The van der Waals surface area contributed by atoms with E-state index in [4.69, 9.17) is 0 Å². The van der Waals surface area contributed by atoms with Crippen LogP contribution in [-0.2, 0) is 18.4 Å². The van der Waals surface area contributed by atoms with Crippen LogP contribution in [0.25, 0.3) is 0 Å². The number of hydrogen-bond acceptors (Lipinski definition) is 2. The minimum absolute atomic E-state index is 0.299. The molecule has 1 aliphatic carbocycles. The van der Waals surface area contributed by atoms with Gasteiger partial charge in [0, 0.05) is 5.56 Å². The van der Waals surface area contributed by atoms with Crippen LogP contribution in [0.1, 0.15) is 37.0 Å². The first-order valence-electron chi connectivity index (χ1n) is 5.07. The molecule has 0 fully saturated rings. The van der Waals surface area contributed by atoms with Gasteiger partial charge in [0.15, 0.2) is 0 Å². The van der Waals surface area contributed by atoms with Gasteiger partial charge in [-0.3, -0.25) is 0 Å². The zero-order chi connectivity index (χ0) is 10.3. The highest BCUT2D eigenvalue weighted by Crippen LogP contribution is 2.37. The maximum atomic E-state index is 9.99. The van der Waals surface area contributed by atoms with Gasteiger partial charge < -0.3 is 10.2 Å². The van der Waals surface area contributed by atoms with E-state index in [1.54, 1.807) is 13.8 Å². The maximum Gasteiger partial charge on any atom is 0.125 e. The average molecular weight is 192 g/mol. The van der Waals surface area contributed by atoms with E-state index < -0.39 is 5.60 Å². The van der Waals surface area contributed by atoms with Gasteiger partial charge in [0.1, 0.15) is 5.75 Å². The molecule has 2 nitrogen and oxygen atoms in total. The molecular formula is C12H16O2. The van der Waals surface area contributed by atoms with Gasteiger partial charge in [0.25, 0.3) is 0 Å². The summed E-state index contributed by atoms with van der Waals surface area (Å²) in [4.78, 5) is 0. The van der Waals surface area contributed by atoms with Gasteiger partial charge >= 0.3 is 0 Å². The first-order valence-corrected chi connectivity index (χ1v) is 5.07. The average Bonchev–Trinajstić information content (AvgIpc) is 2.50. The second-order valence-corrected chi connectivity index (χ2v) is 4.51. The summed E-state index contributed by atoms with van der Waals surface area (Å²) in [5.74, 6) is 0.299. The largest absolute Gasteiger partial charge is 0.507 e. The first-order chi connectivity index (χ1) is 6.50. The van der Waals surface area contributed by atoms with Crippen LogP contribution in [-0.4, -0.2) is 10.2 Å². The lowest BCUT2D eigenvalue weighted by Gasteiger charge is -2.20. The zero-order valence-electron chi connectivity index (χ0n) is 8.67. The highest BCUT2D eigenvalue weighted by molar-refractivity contribution is 5.49. The molecule has 2 heteroatoms. The smallest absolute Gasteiger partial charge is 0.125 e. The lowest BCUT2D eigenvalue weighted by atomic mass is 9.93. The predicted octanol–water partition coefficient (Wildman–Crippen LogP) is 2.11. The summed E-state index contributed by atoms with van der Waals surface area (Å²) in [6, 6.07) is 3.86. The van der Waals surface area contributed by atoms with Crippen LogP contribution in [0.5, 0.6) is 5.75 Å². The summed E-state index contributed by atoms with van der Waals surface area (Å²) >= 11 is 0. The summed E-state index contributed by atoms with van der Waals surface area (Å²) in [5, 5.41) is 19.8. The Morgan fingerprint density at radius 3 is 2.57 bits per heavy atom. The fraction of sp³-hybridized carbons (Fsp3) is 0.500. The summed E-state index contributed by atoms with van der Waals surface area (Å²) in [7, 11) is 0. The normalized spacial score (nSPS) is 15.6. The predicted molar refractivity (Wildman–Crippen MR) is 55.4 cm³/mol. The van der Waals surface area contributed by atoms with Crippen LogP contribution in [0.2, 0.25) is 0 Å². The number of aliphatic hydroxyl groups is 1. The van der Waals surface area contributed by atoms with E-state index >= 15 is 0 Å². The van der Waals surface area contributed by atoms with Crippen molar-refractivity contribution in [2.45, 2.75) is 38.7 Å². The SMILES string of the molecule is CC(C)(O)c1ccc2c(c1O)CCC2. The topological polar surface area (TPSA) is 40.5 Å². The van der Waals surface area contributed by atoms with E-state index in [0.29, 0.717) is 11.3 Å². The number of phenols is 1. The van der Waals surface area contributed by atoms with Crippen molar-refractivity contribution in [2.24, 2.45) is 0 Å². The minimum Gasteiger partial charge on any atom is -0.507 e. The second kappa shape index (κ2) is 2.99. The minimum atomic E-state index is -0.957. The van der Waals surface area contributed by atoms with E-state index in [9.17, 15) is 10.2 Å². The third-order valence-corrected chi connectivity index (χ3v) is 2.91. The van der Waals surface area contributed by atoms with E-state index in [1.807, 2.05) is 12.1 Å². The molecule has 0 aliphatic heterocycles. The van der Waals surface area contributed by atoms with Gasteiger partial charge in [-0.15, -0.1) is 0 Å². The molecular weight excluding hydrogens is 176 g/mol. The second-order valence-electron chi connectivity index (χ2n) is 4.51. The van der Waals surface area contributed by atoms with Gasteiger partial charge in [0.2, 0.25) is 0 Å². The Hall–Kier alpha value is -1.02. The van der Waals surface area contributed by atoms with Crippen molar-refractivity contribution in [2.75, 3.05) is 0 Å². The fourth-order valence-electron chi connectivity index (χ4n) is 2.14. The molecule has 0 atom stereocenters. The van der Waals surface area contributed by atoms with Crippen LogP contribution >= 0.6 is 0 Å². The molecule has 0 spiro atoms. The molecule has 1 aromatic carbocycles. The van der Waals surface area contributed by atoms with Crippen molar-refractivity contribution in [3.05, 3.63) is 28.8 Å². The third-order valence-electron chi connectivity index (χ3n) is 2.91. The number of phenolic OH excluding ortho intramolecular Hbond substituents is 1. The molecule has 0 unspecified atom stereocenters. The van der Waals surface area contributed by atoms with Crippen molar-refractivity contribution in [3.8, 4) is 5.75 Å². The summed E-state index contributed by atoms with van der Waals surface area (Å²) in [5.41, 5.74) is 1.94. The summed E-state index contributed by atoms with van der Waals surface area (Å²) in [6.07, 6.45) is 3.10. The fourth-order valence-corrected chi connectivity index (χ4v) is 2.14. The quantitative estimate of drug-likeness (QED) is 0.715. The van der Waals surface area contributed by atoms with E-state index in [1.165, 1.54) is 5.56 Å². The Morgan fingerprint density at radius 1 is 1.21 bits per heavy atom. The number of aromatic hydroxyl groups is 1. The molecule has 1 aromatic rings. The molecule has 1 aliphatic rings. The van der Waals surface area contributed by atoms with Crippen molar-refractivity contribution in [1.82, 2.24) is 0 Å². The molecule has 76 valence electrons. The third kappa shape index (κ3) is 1.40. The zero-order valence-corrected chi connectivity index (χ0v) is 8.67. The molecule has 0 radical (unpaired) electrons. The van der Waals surface area contributed by atoms with Gasteiger partial charge in [0.05, 0.1) is 5.60 Å². The number of benzene rings is 1. The van der Waals surface area contributed by atoms with Crippen LogP contribution in [0.15, 0.2) is 12.1 Å². The van der Waals surface area contributed by atoms with Crippen molar-refractivity contribution in [1.29, 1.82) is 0 Å². The standard InChI is InChI=1S/C12H16O2/c1-12(2,14)10-7-6-8-4-3-5-9(8)11(10)13/h6-7,13-14H,3-5H2,1-2H3. The Balaban J connectivity index is 2.56. The monoisotopic (exact) mass is 192 g/mol. The van der Waals surface area contributed by atoms with E-state index in [2.05, 4.69) is 0 Å². The molecule has 0 saturated heterocycles. The van der Waals surface area contributed by atoms with Crippen molar-refractivity contribution >= 4 is 0 Å². The maximum absolute atomic E-state index is 9.99. The number of hydrogen-bond donors (Lipinski definition) is 2. The molecule has 0 bridgehead atoms. The lowest BCUT2D eigenvalue weighted by molar-refractivity contribution is 0.0757.